The van der Waals surface area contributed by atoms with Crippen LogP contribution in [0.5, 0.6) is 5.75 Å². The summed E-state index contributed by atoms with van der Waals surface area (Å²) in [6.07, 6.45) is 1.21. The van der Waals surface area contributed by atoms with Crippen molar-refractivity contribution in [3.8, 4) is 28.1 Å². The average molecular weight is 594 g/mol. The second-order valence-corrected chi connectivity index (χ2v) is 11.9. The van der Waals surface area contributed by atoms with Gasteiger partial charge in [-0.15, -0.1) is 0 Å². The summed E-state index contributed by atoms with van der Waals surface area (Å²) < 4.78 is 6.13. The molecule has 0 aliphatic heterocycles. The number of halogens is 1. The van der Waals surface area contributed by atoms with Crippen LogP contribution in [0.25, 0.3) is 22.4 Å². The van der Waals surface area contributed by atoms with Gasteiger partial charge in [0.25, 0.3) is 5.91 Å². The van der Waals surface area contributed by atoms with Gasteiger partial charge in [-0.3, -0.25) is 4.79 Å². The number of carboxylic acid groups (broad SMARTS) is 1. The van der Waals surface area contributed by atoms with Crippen molar-refractivity contribution in [2.45, 2.75) is 57.6 Å². The highest BCUT2D eigenvalue weighted by atomic mass is 35.5. The number of aliphatic carboxylic acids is 1. The van der Waals surface area contributed by atoms with Crippen LogP contribution in [0.4, 0.5) is 0 Å². The minimum atomic E-state index is -1.55. The summed E-state index contributed by atoms with van der Waals surface area (Å²) in [6.45, 7) is 5.53. The number of carbonyl (C=O) groups is 2. The molecule has 0 spiro atoms. The Morgan fingerprint density at radius 2 is 1.93 bits per heavy atom. The predicted molar refractivity (Wildman–Crippen MR) is 165 cm³/mol. The summed E-state index contributed by atoms with van der Waals surface area (Å²) in [5, 5.41) is 23.4. The van der Waals surface area contributed by atoms with Crippen LogP contribution in [-0.2, 0) is 11.2 Å². The molecule has 0 saturated heterocycles. The van der Waals surface area contributed by atoms with E-state index in [9.17, 15) is 19.8 Å². The minimum absolute atomic E-state index is 0.0486. The van der Waals surface area contributed by atoms with E-state index in [0.29, 0.717) is 41.5 Å². The molecular weight excluding hydrogens is 554 g/mol. The predicted octanol–water partition coefficient (Wildman–Crippen LogP) is 5.70. The van der Waals surface area contributed by atoms with Crippen LogP contribution >= 0.6 is 11.6 Å². The lowest BCUT2D eigenvalue weighted by Crippen LogP contribution is -2.58. The number of aliphatic hydroxyl groups excluding tert-OH is 1. The molecule has 1 aliphatic carbocycles. The molecule has 3 atom stereocenters. The number of nitrogens with zero attached hydrogens (tertiary/aromatic N) is 2. The summed E-state index contributed by atoms with van der Waals surface area (Å²) in [5.74, 6) is -0.971. The highest BCUT2D eigenvalue weighted by molar-refractivity contribution is 6.32. The van der Waals surface area contributed by atoms with Crippen molar-refractivity contribution in [1.82, 2.24) is 15.2 Å². The molecule has 1 aliphatic rings. The smallest absolute Gasteiger partial charge is 0.329 e. The number of hydrogen-bond donors (Lipinski definition) is 3. The Kier molecular flexibility index (Phi) is 10.2. The fraction of sp³-hybridized carbons (Fsp3) is 0.424. The zero-order valence-electron chi connectivity index (χ0n) is 24.7. The van der Waals surface area contributed by atoms with Crippen LogP contribution in [0.2, 0.25) is 5.02 Å². The molecule has 0 bridgehead atoms. The van der Waals surface area contributed by atoms with Gasteiger partial charge in [0.2, 0.25) is 0 Å². The Morgan fingerprint density at radius 3 is 2.62 bits per heavy atom. The molecule has 4 rings (SSSR count). The van der Waals surface area contributed by atoms with Crippen molar-refractivity contribution in [1.29, 1.82) is 0 Å². The van der Waals surface area contributed by atoms with Crippen LogP contribution < -0.4 is 10.1 Å². The van der Waals surface area contributed by atoms with E-state index in [1.54, 1.807) is 12.1 Å². The summed E-state index contributed by atoms with van der Waals surface area (Å²) in [4.78, 5) is 32.7. The molecule has 2 aromatic carbocycles. The van der Waals surface area contributed by atoms with E-state index in [2.05, 4.69) is 30.1 Å². The number of carboxylic acids is 1. The summed E-state index contributed by atoms with van der Waals surface area (Å²) in [6, 6.07) is 17.0. The van der Waals surface area contributed by atoms with E-state index in [0.717, 1.165) is 29.7 Å². The van der Waals surface area contributed by atoms with Crippen molar-refractivity contribution in [3.05, 3.63) is 70.9 Å². The number of amides is 1. The number of pyridine rings is 1. The second-order valence-electron chi connectivity index (χ2n) is 11.5. The molecule has 1 heterocycles. The second kappa shape index (κ2) is 13.7. The maximum Gasteiger partial charge on any atom is 0.329 e. The third-order valence-corrected chi connectivity index (χ3v) is 8.02. The number of benzene rings is 2. The lowest BCUT2D eigenvalue weighted by Gasteiger charge is -2.36. The molecule has 1 amide bonds. The van der Waals surface area contributed by atoms with E-state index in [-0.39, 0.29) is 24.5 Å². The standard InChI is InChI=1S/C33H40ClN3O5/c1-5-22-9-6-7-11-25(22)26-13-15-28(31(39)36-33(32(40)41)16-8-10-24(38)18-33)35-30(26)23-12-14-27(34)29(17-23)42-20-21(2)19-37(3)4/h6-7,9,11-15,17,21,24,38H,5,8,10,16,18-20H2,1-4H3,(H,36,39)(H,40,41). The number of hydrogen-bond acceptors (Lipinski definition) is 6. The first-order valence-corrected chi connectivity index (χ1v) is 14.8. The fourth-order valence-corrected chi connectivity index (χ4v) is 5.84. The van der Waals surface area contributed by atoms with Crippen LogP contribution in [0, 0.1) is 5.92 Å². The molecule has 0 radical (unpaired) electrons. The van der Waals surface area contributed by atoms with Crippen molar-refractivity contribution >= 4 is 23.5 Å². The maximum absolute atomic E-state index is 13.5. The lowest BCUT2D eigenvalue weighted by molar-refractivity contribution is -0.147. The molecule has 3 N–H and O–H groups in total. The number of nitrogens with one attached hydrogen (secondary N) is 1. The highest BCUT2D eigenvalue weighted by Gasteiger charge is 2.44. The highest BCUT2D eigenvalue weighted by Crippen LogP contribution is 2.37. The molecular formula is C33H40ClN3O5. The van der Waals surface area contributed by atoms with Crippen LogP contribution in [0.15, 0.2) is 54.6 Å². The van der Waals surface area contributed by atoms with E-state index >= 15 is 0 Å². The Morgan fingerprint density at radius 1 is 1.17 bits per heavy atom. The molecule has 42 heavy (non-hydrogen) atoms. The first-order chi connectivity index (χ1) is 20.0. The summed E-state index contributed by atoms with van der Waals surface area (Å²) >= 11 is 6.53. The molecule has 9 heteroatoms. The normalized spacial score (nSPS) is 19.4. The van der Waals surface area contributed by atoms with Crippen LogP contribution in [0.1, 0.15) is 55.6 Å². The molecule has 1 saturated carbocycles. The summed E-state index contributed by atoms with van der Waals surface area (Å²) in [7, 11) is 4.03. The molecule has 224 valence electrons. The number of ether oxygens (including phenoxy) is 1. The summed E-state index contributed by atoms with van der Waals surface area (Å²) in [5.41, 5.74) is 2.75. The SMILES string of the molecule is CCc1ccccc1-c1ccc(C(=O)NC2(C(=O)O)CCCC(O)C2)nc1-c1ccc(Cl)c(OCC(C)CN(C)C)c1. The number of rotatable bonds is 11. The lowest BCUT2D eigenvalue weighted by atomic mass is 9.80. The zero-order valence-corrected chi connectivity index (χ0v) is 25.4. The third kappa shape index (κ3) is 7.30. The first-order valence-electron chi connectivity index (χ1n) is 14.4. The third-order valence-electron chi connectivity index (χ3n) is 7.71. The molecule has 3 unspecified atom stereocenters. The minimum Gasteiger partial charge on any atom is -0.492 e. The molecule has 1 aromatic heterocycles. The average Bonchev–Trinajstić information content (AvgIpc) is 2.96. The Hall–Kier alpha value is -3.46. The van der Waals surface area contributed by atoms with Crippen LogP contribution in [-0.4, -0.2) is 70.9 Å². The Balaban J connectivity index is 1.76. The maximum atomic E-state index is 13.5. The Labute approximate surface area is 252 Å². The van der Waals surface area contributed by atoms with Gasteiger partial charge in [-0.25, -0.2) is 9.78 Å². The number of carbonyl (C=O) groups excluding carboxylic acids is 1. The monoisotopic (exact) mass is 593 g/mol. The quantitative estimate of drug-likeness (QED) is 0.262. The van der Waals surface area contributed by atoms with Gasteiger partial charge in [0.05, 0.1) is 23.4 Å². The number of aliphatic hydroxyl groups is 1. The fourth-order valence-electron chi connectivity index (χ4n) is 5.67. The van der Waals surface area contributed by atoms with E-state index in [1.165, 1.54) is 0 Å². The van der Waals surface area contributed by atoms with Gasteiger partial charge in [0.15, 0.2) is 0 Å². The van der Waals surface area contributed by atoms with Gasteiger partial charge in [-0.05, 0) is 75.2 Å². The Bertz CT molecular complexity index is 1430. The topological polar surface area (TPSA) is 112 Å². The van der Waals surface area contributed by atoms with Gasteiger partial charge >= 0.3 is 5.97 Å². The van der Waals surface area contributed by atoms with E-state index in [1.807, 2.05) is 50.5 Å². The van der Waals surface area contributed by atoms with E-state index < -0.39 is 23.5 Å². The number of aromatic nitrogens is 1. The van der Waals surface area contributed by atoms with Crippen molar-refractivity contribution in [2.24, 2.45) is 5.92 Å². The van der Waals surface area contributed by atoms with Crippen molar-refractivity contribution in [3.63, 3.8) is 0 Å². The van der Waals surface area contributed by atoms with Gasteiger partial charge in [0, 0.05) is 30.0 Å². The van der Waals surface area contributed by atoms with Crippen LogP contribution in [0.3, 0.4) is 0 Å². The first kappa shape index (κ1) is 31.5. The zero-order chi connectivity index (χ0) is 30.4. The van der Waals surface area contributed by atoms with Gasteiger partial charge in [-0.1, -0.05) is 55.8 Å². The van der Waals surface area contributed by atoms with Gasteiger partial charge in [0.1, 0.15) is 17.0 Å². The molecule has 8 nitrogen and oxygen atoms in total. The molecule has 3 aromatic rings. The number of aryl methyl sites for hydroxylation is 1. The molecule has 1 fully saturated rings. The van der Waals surface area contributed by atoms with Gasteiger partial charge in [-0.2, -0.15) is 0 Å². The van der Waals surface area contributed by atoms with Crippen molar-refractivity contribution in [2.75, 3.05) is 27.2 Å². The van der Waals surface area contributed by atoms with E-state index in [4.69, 9.17) is 21.3 Å². The van der Waals surface area contributed by atoms with Crippen molar-refractivity contribution < 1.29 is 24.5 Å². The largest absolute Gasteiger partial charge is 0.492 e. The van der Waals surface area contributed by atoms with Gasteiger partial charge < -0.3 is 25.2 Å².